The van der Waals surface area contributed by atoms with Crippen molar-refractivity contribution in [2.45, 2.75) is 26.9 Å². The van der Waals surface area contributed by atoms with Crippen LogP contribution in [0, 0.1) is 13.8 Å². The lowest BCUT2D eigenvalue weighted by atomic mass is 10.2. The van der Waals surface area contributed by atoms with Gasteiger partial charge in [0.05, 0.1) is 12.6 Å². The van der Waals surface area contributed by atoms with Gasteiger partial charge in [-0.25, -0.2) is 4.68 Å². The number of fused-ring (bicyclic) bond motifs is 3. The zero-order valence-corrected chi connectivity index (χ0v) is 16.6. The predicted molar refractivity (Wildman–Crippen MR) is 111 cm³/mol. The van der Waals surface area contributed by atoms with Crippen LogP contribution in [0.25, 0.3) is 16.4 Å². The van der Waals surface area contributed by atoms with Crippen LogP contribution in [0.4, 0.5) is 0 Å². The third-order valence-corrected chi connectivity index (χ3v) is 4.94. The van der Waals surface area contributed by atoms with Crippen molar-refractivity contribution in [3.05, 3.63) is 75.8 Å². The normalized spacial score (nSPS) is 11.1. The lowest BCUT2D eigenvalue weighted by molar-refractivity contribution is -0.122. The highest BCUT2D eigenvalue weighted by Crippen LogP contribution is 2.20. The van der Waals surface area contributed by atoms with Crippen LogP contribution < -0.4 is 15.6 Å². The number of methoxy groups -OCH3 is 1. The first kappa shape index (κ1) is 18.7. The number of nitrogens with zero attached hydrogens (tertiary/aromatic N) is 3. The molecule has 2 aromatic heterocycles. The number of nitrogens with one attached hydrogen (secondary N) is 1. The highest BCUT2D eigenvalue weighted by molar-refractivity contribution is 5.87. The number of carbonyl (C=O) groups is 1. The molecule has 7 heteroatoms. The van der Waals surface area contributed by atoms with Crippen LogP contribution in [0.2, 0.25) is 0 Å². The minimum Gasteiger partial charge on any atom is -0.497 e. The van der Waals surface area contributed by atoms with Gasteiger partial charge in [-0.2, -0.15) is 5.10 Å². The number of carbonyl (C=O) groups excluding carboxylic acids is 1. The maximum absolute atomic E-state index is 12.9. The number of amides is 1. The van der Waals surface area contributed by atoms with Gasteiger partial charge in [-0.15, -0.1) is 0 Å². The fourth-order valence-electron chi connectivity index (χ4n) is 3.48. The van der Waals surface area contributed by atoms with E-state index in [0.29, 0.717) is 17.9 Å². The van der Waals surface area contributed by atoms with Crippen molar-refractivity contribution in [1.82, 2.24) is 19.5 Å². The van der Waals surface area contributed by atoms with Gasteiger partial charge in [0.15, 0.2) is 0 Å². The number of aryl methyl sites for hydroxylation is 2. The minimum atomic E-state index is -0.288. The molecular formula is C22H22N4O3. The quantitative estimate of drug-likeness (QED) is 0.568. The summed E-state index contributed by atoms with van der Waals surface area (Å²) in [6, 6.07) is 15.3. The number of hydrogen-bond donors (Lipinski definition) is 1. The van der Waals surface area contributed by atoms with E-state index in [1.807, 2.05) is 66.8 Å². The summed E-state index contributed by atoms with van der Waals surface area (Å²) in [4.78, 5) is 25.3. The Bertz CT molecular complexity index is 1270. The molecule has 0 spiro atoms. The summed E-state index contributed by atoms with van der Waals surface area (Å²) < 4.78 is 8.18. The van der Waals surface area contributed by atoms with Crippen LogP contribution in [0.5, 0.6) is 5.75 Å². The number of ether oxygens (including phenoxy) is 1. The fraction of sp³-hybridized carbons (Fsp3) is 0.227. The molecule has 2 heterocycles. The molecule has 0 saturated heterocycles. The Hall–Kier alpha value is -3.61. The average Bonchev–Trinajstić information content (AvgIpc) is 3.10. The van der Waals surface area contributed by atoms with E-state index < -0.39 is 0 Å². The van der Waals surface area contributed by atoms with Gasteiger partial charge < -0.3 is 10.1 Å². The first-order chi connectivity index (χ1) is 14.0. The molecule has 7 nitrogen and oxygen atoms in total. The monoisotopic (exact) mass is 390 g/mol. The summed E-state index contributed by atoms with van der Waals surface area (Å²) in [5.74, 6) is 1.14. The molecule has 0 aliphatic rings. The molecule has 1 amide bonds. The van der Waals surface area contributed by atoms with Crippen molar-refractivity contribution < 1.29 is 9.53 Å². The summed E-state index contributed by atoms with van der Waals surface area (Å²) >= 11 is 0. The highest BCUT2D eigenvalue weighted by atomic mass is 16.5. The smallest absolute Gasteiger partial charge is 0.291 e. The molecule has 29 heavy (non-hydrogen) atoms. The molecule has 0 atom stereocenters. The van der Waals surface area contributed by atoms with Crippen LogP contribution in [0.1, 0.15) is 17.0 Å². The molecule has 0 radical (unpaired) electrons. The molecule has 2 aromatic carbocycles. The summed E-state index contributed by atoms with van der Waals surface area (Å²) in [7, 11) is 1.61. The average molecular weight is 390 g/mol. The minimum absolute atomic E-state index is 0.132. The Balaban J connectivity index is 1.57. The largest absolute Gasteiger partial charge is 0.497 e. The van der Waals surface area contributed by atoms with Gasteiger partial charge in [0, 0.05) is 11.9 Å². The van der Waals surface area contributed by atoms with Gasteiger partial charge in [0.1, 0.15) is 23.6 Å². The number of aromatic nitrogens is 3. The standard InChI is InChI=1S/C22H22N4O3/c1-14-4-9-19-17(10-14)11-20-22(28)25(24-15(2)26(19)20)13-21(27)23-12-16-5-7-18(29-3)8-6-16/h4-11H,12-13H2,1-3H3,(H,23,27). The van der Waals surface area contributed by atoms with Crippen LogP contribution >= 0.6 is 0 Å². The summed E-state index contributed by atoms with van der Waals surface area (Å²) in [6.45, 7) is 4.08. The van der Waals surface area contributed by atoms with Crippen molar-refractivity contribution in [3.8, 4) is 5.75 Å². The lowest BCUT2D eigenvalue weighted by Gasteiger charge is -2.10. The van der Waals surface area contributed by atoms with E-state index >= 15 is 0 Å². The molecule has 4 rings (SSSR count). The van der Waals surface area contributed by atoms with Gasteiger partial charge in [0.25, 0.3) is 5.56 Å². The molecule has 0 aliphatic heterocycles. The Morgan fingerprint density at radius 2 is 1.83 bits per heavy atom. The van der Waals surface area contributed by atoms with Crippen molar-refractivity contribution in [2.24, 2.45) is 0 Å². The van der Waals surface area contributed by atoms with Crippen LogP contribution in [0.15, 0.2) is 53.3 Å². The Morgan fingerprint density at radius 3 is 2.55 bits per heavy atom. The van der Waals surface area contributed by atoms with Crippen LogP contribution in [0.3, 0.4) is 0 Å². The van der Waals surface area contributed by atoms with E-state index in [1.165, 1.54) is 4.68 Å². The zero-order chi connectivity index (χ0) is 20.5. The second-order valence-electron chi connectivity index (χ2n) is 7.06. The van der Waals surface area contributed by atoms with E-state index in [0.717, 1.165) is 27.8 Å². The molecule has 1 N–H and O–H groups in total. The Labute approximate surface area is 167 Å². The summed E-state index contributed by atoms with van der Waals surface area (Å²) in [5.41, 5.74) is 3.23. The molecule has 0 bridgehead atoms. The molecule has 4 aromatic rings. The third-order valence-electron chi connectivity index (χ3n) is 4.94. The van der Waals surface area contributed by atoms with E-state index in [2.05, 4.69) is 10.4 Å². The first-order valence-corrected chi connectivity index (χ1v) is 9.35. The second kappa shape index (κ2) is 7.43. The van der Waals surface area contributed by atoms with Crippen molar-refractivity contribution in [3.63, 3.8) is 0 Å². The molecule has 0 fully saturated rings. The van der Waals surface area contributed by atoms with Gasteiger partial charge in [-0.05, 0) is 49.7 Å². The predicted octanol–water partition coefficient (Wildman–Crippen LogP) is 2.59. The van der Waals surface area contributed by atoms with Crippen molar-refractivity contribution >= 4 is 22.3 Å². The maximum atomic E-state index is 12.9. The van der Waals surface area contributed by atoms with Crippen molar-refractivity contribution in [1.29, 1.82) is 0 Å². The first-order valence-electron chi connectivity index (χ1n) is 9.35. The molecule has 0 unspecified atom stereocenters. The molecule has 0 aliphatic carbocycles. The van der Waals surface area contributed by atoms with Gasteiger partial charge >= 0.3 is 0 Å². The van der Waals surface area contributed by atoms with Crippen LogP contribution in [-0.4, -0.2) is 27.2 Å². The Morgan fingerprint density at radius 1 is 1.07 bits per heavy atom. The SMILES string of the molecule is COc1ccc(CNC(=O)Cn2nc(C)n3c(cc4cc(C)ccc43)c2=O)cc1. The summed E-state index contributed by atoms with van der Waals surface area (Å²) in [5, 5.41) is 8.16. The third kappa shape index (κ3) is 3.59. The number of hydrogen-bond acceptors (Lipinski definition) is 4. The van der Waals surface area contributed by atoms with Crippen LogP contribution in [-0.2, 0) is 17.9 Å². The van der Waals surface area contributed by atoms with Gasteiger partial charge in [0.2, 0.25) is 5.91 Å². The second-order valence-corrected chi connectivity index (χ2v) is 7.06. The zero-order valence-electron chi connectivity index (χ0n) is 16.6. The molecular weight excluding hydrogens is 368 g/mol. The summed E-state index contributed by atoms with van der Waals surface area (Å²) in [6.07, 6.45) is 0. The van der Waals surface area contributed by atoms with E-state index in [9.17, 15) is 9.59 Å². The fourth-order valence-corrected chi connectivity index (χ4v) is 3.48. The Kier molecular flexibility index (Phi) is 4.80. The number of benzene rings is 2. The maximum Gasteiger partial charge on any atom is 0.291 e. The van der Waals surface area contributed by atoms with E-state index in [1.54, 1.807) is 7.11 Å². The van der Waals surface area contributed by atoms with Crippen molar-refractivity contribution in [2.75, 3.05) is 7.11 Å². The molecule has 148 valence electrons. The number of rotatable bonds is 5. The van der Waals surface area contributed by atoms with Gasteiger partial charge in [-0.3, -0.25) is 14.0 Å². The van der Waals surface area contributed by atoms with E-state index in [-0.39, 0.29) is 18.0 Å². The molecule has 0 saturated carbocycles. The highest BCUT2D eigenvalue weighted by Gasteiger charge is 2.14. The topological polar surface area (TPSA) is 77.6 Å². The lowest BCUT2D eigenvalue weighted by Crippen LogP contribution is -2.34. The van der Waals surface area contributed by atoms with Gasteiger partial charge in [-0.1, -0.05) is 23.8 Å². The van der Waals surface area contributed by atoms with E-state index in [4.69, 9.17) is 4.74 Å².